The van der Waals surface area contributed by atoms with E-state index in [2.05, 4.69) is 6.92 Å². The number of benzene rings is 1. The van der Waals surface area contributed by atoms with Gasteiger partial charge in [0.05, 0.1) is 7.11 Å². The Labute approximate surface area is 103 Å². The SMILES string of the molecule is CCCN(C(=O)c1ccc(OC)cc1)C(C)C. The van der Waals surface area contributed by atoms with Crippen LogP contribution in [0.25, 0.3) is 0 Å². The third-order valence-corrected chi connectivity index (χ3v) is 2.69. The van der Waals surface area contributed by atoms with Gasteiger partial charge in [-0.15, -0.1) is 0 Å². The molecule has 0 aliphatic heterocycles. The van der Waals surface area contributed by atoms with Crippen LogP contribution in [0.2, 0.25) is 0 Å². The van der Waals surface area contributed by atoms with E-state index in [-0.39, 0.29) is 11.9 Å². The maximum atomic E-state index is 12.3. The Bertz CT molecular complexity index is 357. The summed E-state index contributed by atoms with van der Waals surface area (Å²) < 4.78 is 5.08. The summed E-state index contributed by atoms with van der Waals surface area (Å²) >= 11 is 0. The lowest BCUT2D eigenvalue weighted by Crippen LogP contribution is -2.37. The van der Waals surface area contributed by atoms with Crippen molar-refractivity contribution in [3.05, 3.63) is 29.8 Å². The monoisotopic (exact) mass is 235 g/mol. The zero-order chi connectivity index (χ0) is 12.8. The van der Waals surface area contributed by atoms with Crippen LogP contribution in [0.4, 0.5) is 0 Å². The van der Waals surface area contributed by atoms with Gasteiger partial charge >= 0.3 is 0 Å². The molecule has 1 amide bonds. The summed E-state index contributed by atoms with van der Waals surface area (Å²) in [4.78, 5) is 14.2. The molecule has 0 aliphatic rings. The average Bonchev–Trinajstić information content (AvgIpc) is 2.35. The molecule has 1 aromatic rings. The fraction of sp³-hybridized carbons (Fsp3) is 0.500. The van der Waals surface area contributed by atoms with E-state index in [0.29, 0.717) is 5.56 Å². The van der Waals surface area contributed by atoms with E-state index in [9.17, 15) is 4.79 Å². The van der Waals surface area contributed by atoms with Crippen LogP contribution < -0.4 is 4.74 Å². The summed E-state index contributed by atoms with van der Waals surface area (Å²) in [6.45, 7) is 6.95. The number of carbonyl (C=O) groups is 1. The van der Waals surface area contributed by atoms with Gasteiger partial charge in [-0.05, 0) is 44.5 Å². The average molecular weight is 235 g/mol. The molecule has 0 aliphatic carbocycles. The second kappa shape index (κ2) is 6.28. The highest BCUT2D eigenvalue weighted by molar-refractivity contribution is 5.94. The number of hydrogen-bond acceptors (Lipinski definition) is 2. The van der Waals surface area contributed by atoms with Gasteiger partial charge in [0.25, 0.3) is 5.91 Å². The molecule has 0 radical (unpaired) electrons. The minimum absolute atomic E-state index is 0.0875. The van der Waals surface area contributed by atoms with Crippen molar-refractivity contribution in [1.29, 1.82) is 0 Å². The second-order valence-corrected chi connectivity index (χ2v) is 4.32. The summed E-state index contributed by atoms with van der Waals surface area (Å²) in [6.07, 6.45) is 0.972. The van der Waals surface area contributed by atoms with E-state index in [4.69, 9.17) is 4.74 Å². The van der Waals surface area contributed by atoms with Crippen molar-refractivity contribution < 1.29 is 9.53 Å². The third-order valence-electron chi connectivity index (χ3n) is 2.69. The Morgan fingerprint density at radius 1 is 1.29 bits per heavy atom. The topological polar surface area (TPSA) is 29.5 Å². The maximum Gasteiger partial charge on any atom is 0.254 e. The Balaban J connectivity index is 2.85. The summed E-state index contributed by atoms with van der Waals surface area (Å²) in [6, 6.07) is 7.48. The fourth-order valence-electron chi connectivity index (χ4n) is 1.73. The molecule has 0 atom stereocenters. The molecule has 0 saturated carbocycles. The number of methoxy groups -OCH3 is 1. The van der Waals surface area contributed by atoms with Gasteiger partial charge in [0, 0.05) is 18.2 Å². The molecule has 94 valence electrons. The highest BCUT2D eigenvalue weighted by atomic mass is 16.5. The Hall–Kier alpha value is -1.51. The lowest BCUT2D eigenvalue weighted by Gasteiger charge is -2.26. The first-order valence-electron chi connectivity index (χ1n) is 6.05. The molecule has 0 unspecified atom stereocenters. The number of hydrogen-bond donors (Lipinski definition) is 0. The molecule has 0 saturated heterocycles. The van der Waals surface area contributed by atoms with Gasteiger partial charge in [-0.1, -0.05) is 6.92 Å². The largest absolute Gasteiger partial charge is 0.497 e. The first-order valence-corrected chi connectivity index (χ1v) is 6.05. The molecular weight excluding hydrogens is 214 g/mol. The number of rotatable bonds is 5. The van der Waals surface area contributed by atoms with Gasteiger partial charge < -0.3 is 9.64 Å². The van der Waals surface area contributed by atoms with Crippen LogP contribution in [0.3, 0.4) is 0 Å². The molecule has 0 heterocycles. The van der Waals surface area contributed by atoms with Crippen LogP contribution in [-0.4, -0.2) is 30.5 Å². The van der Waals surface area contributed by atoms with Crippen LogP contribution in [0.5, 0.6) is 5.75 Å². The number of nitrogens with zero attached hydrogens (tertiary/aromatic N) is 1. The molecule has 0 bridgehead atoms. The van der Waals surface area contributed by atoms with Crippen LogP contribution in [0, 0.1) is 0 Å². The minimum Gasteiger partial charge on any atom is -0.497 e. The predicted molar refractivity (Wildman–Crippen MR) is 69.5 cm³/mol. The van der Waals surface area contributed by atoms with Gasteiger partial charge in [-0.3, -0.25) is 4.79 Å². The quantitative estimate of drug-likeness (QED) is 0.785. The zero-order valence-corrected chi connectivity index (χ0v) is 11.1. The molecule has 1 aromatic carbocycles. The van der Waals surface area contributed by atoms with Crippen LogP contribution in [0.1, 0.15) is 37.6 Å². The van der Waals surface area contributed by atoms with Crippen molar-refractivity contribution >= 4 is 5.91 Å². The Morgan fingerprint density at radius 2 is 1.88 bits per heavy atom. The predicted octanol–water partition coefficient (Wildman–Crippen LogP) is 2.96. The Morgan fingerprint density at radius 3 is 2.29 bits per heavy atom. The molecule has 17 heavy (non-hydrogen) atoms. The fourth-order valence-corrected chi connectivity index (χ4v) is 1.73. The van der Waals surface area contributed by atoms with Crippen LogP contribution in [0.15, 0.2) is 24.3 Å². The van der Waals surface area contributed by atoms with Crippen molar-refractivity contribution in [2.45, 2.75) is 33.2 Å². The van der Waals surface area contributed by atoms with E-state index in [0.717, 1.165) is 18.7 Å². The maximum absolute atomic E-state index is 12.3. The smallest absolute Gasteiger partial charge is 0.254 e. The summed E-state index contributed by atoms with van der Waals surface area (Å²) in [5, 5.41) is 0. The molecule has 0 spiro atoms. The van der Waals surface area contributed by atoms with Crippen molar-refractivity contribution in [2.24, 2.45) is 0 Å². The number of carbonyl (C=O) groups excluding carboxylic acids is 1. The van der Waals surface area contributed by atoms with Gasteiger partial charge in [0.15, 0.2) is 0 Å². The lowest BCUT2D eigenvalue weighted by atomic mass is 10.1. The van der Waals surface area contributed by atoms with Crippen molar-refractivity contribution in [2.75, 3.05) is 13.7 Å². The summed E-state index contributed by atoms with van der Waals surface area (Å²) in [7, 11) is 1.62. The summed E-state index contributed by atoms with van der Waals surface area (Å²) in [5.74, 6) is 0.859. The van der Waals surface area contributed by atoms with Crippen LogP contribution >= 0.6 is 0 Å². The lowest BCUT2D eigenvalue weighted by molar-refractivity contribution is 0.0706. The Kier molecular flexibility index (Phi) is 5.01. The van der Waals surface area contributed by atoms with E-state index >= 15 is 0 Å². The standard InChI is InChI=1S/C14H21NO2/c1-5-10-15(11(2)3)14(16)12-6-8-13(17-4)9-7-12/h6-9,11H,5,10H2,1-4H3. The highest BCUT2D eigenvalue weighted by Crippen LogP contribution is 2.14. The molecule has 0 aromatic heterocycles. The van der Waals surface area contributed by atoms with E-state index in [1.807, 2.05) is 43.0 Å². The first kappa shape index (κ1) is 13.6. The van der Waals surface area contributed by atoms with E-state index < -0.39 is 0 Å². The van der Waals surface area contributed by atoms with Gasteiger partial charge in [0.1, 0.15) is 5.75 Å². The van der Waals surface area contributed by atoms with Gasteiger partial charge in [-0.25, -0.2) is 0 Å². The normalized spacial score (nSPS) is 10.4. The van der Waals surface area contributed by atoms with E-state index in [1.54, 1.807) is 7.11 Å². The highest BCUT2D eigenvalue weighted by Gasteiger charge is 2.17. The van der Waals surface area contributed by atoms with E-state index in [1.165, 1.54) is 0 Å². The van der Waals surface area contributed by atoms with Crippen LogP contribution in [-0.2, 0) is 0 Å². The molecule has 1 rings (SSSR count). The van der Waals surface area contributed by atoms with Crippen molar-refractivity contribution in [1.82, 2.24) is 4.90 Å². The summed E-state index contributed by atoms with van der Waals surface area (Å²) in [5.41, 5.74) is 0.716. The number of amides is 1. The molecule has 0 N–H and O–H groups in total. The van der Waals surface area contributed by atoms with Gasteiger partial charge in [0.2, 0.25) is 0 Å². The molecule has 0 fully saturated rings. The molecule has 3 heteroatoms. The first-order chi connectivity index (χ1) is 8.10. The second-order valence-electron chi connectivity index (χ2n) is 4.32. The molecule has 3 nitrogen and oxygen atoms in total. The molecular formula is C14H21NO2. The number of ether oxygens (including phenoxy) is 1. The zero-order valence-electron chi connectivity index (χ0n) is 11.1. The van der Waals surface area contributed by atoms with Crippen molar-refractivity contribution in [3.8, 4) is 5.75 Å². The van der Waals surface area contributed by atoms with Gasteiger partial charge in [-0.2, -0.15) is 0 Å². The third kappa shape index (κ3) is 3.48. The minimum atomic E-state index is 0.0875. The van der Waals surface area contributed by atoms with Crippen molar-refractivity contribution in [3.63, 3.8) is 0 Å².